The molecular weight excluding hydrogens is 250 g/mol. The Morgan fingerprint density at radius 1 is 1.35 bits per heavy atom. The molecule has 1 aromatic heterocycles. The fourth-order valence-corrected chi connectivity index (χ4v) is 2.48. The van der Waals surface area contributed by atoms with Crippen molar-refractivity contribution in [2.24, 2.45) is 0 Å². The van der Waals surface area contributed by atoms with Crippen LogP contribution in [0.4, 0.5) is 0 Å². The van der Waals surface area contributed by atoms with E-state index in [0.29, 0.717) is 17.7 Å². The number of hydrogen-bond acceptors (Lipinski definition) is 3. The lowest BCUT2D eigenvalue weighted by Gasteiger charge is -2.24. The number of nitrogens with zero attached hydrogens (tertiary/aromatic N) is 3. The van der Waals surface area contributed by atoms with Crippen LogP contribution < -0.4 is 0 Å². The largest absolute Gasteiger partial charge is 0.326 e. The highest BCUT2D eigenvalue weighted by Gasteiger charge is 2.32. The van der Waals surface area contributed by atoms with Crippen LogP contribution in [0.2, 0.25) is 0 Å². The summed E-state index contributed by atoms with van der Waals surface area (Å²) in [6, 6.07) is 13.5. The molecule has 3 rings (SSSR count). The summed E-state index contributed by atoms with van der Waals surface area (Å²) in [5, 5.41) is 8.89. The van der Waals surface area contributed by atoms with E-state index in [1.165, 1.54) is 6.20 Å². The zero-order chi connectivity index (χ0) is 14.1. The molecular formula is C16H13N3O. The first-order valence-electron chi connectivity index (χ1n) is 6.45. The van der Waals surface area contributed by atoms with Crippen LogP contribution >= 0.6 is 0 Å². The first-order valence-corrected chi connectivity index (χ1v) is 6.45. The van der Waals surface area contributed by atoms with Gasteiger partial charge in [0.25, 0.3) is 5.91 Å². The summed E-state index contributed by atoms with van der Waals surface area (Å²) in [5.74, 6) is -0.0547. The zero-order valence-electron chi connectivity index (χ0n) is 11.1. The highest BCUT2D eigenvalue weighted by Crippen LogP contribution is 2.30. The van der Waals surface area contributed by atoms with Gasteiger partial charge in [-0.15, -0.1) is 0 Å². The van der Waals surface area contributed by atoms with Gasteiger partial charge in [-0.25, -0.2) is 0 Å². The smallest absolute Gasteiger partial charge is 0.256 e. The van der Waals surface area contributed by atoms with E-state index < -0.39 is 0 Å². The Balaban J connectivity index is 1.92. The summed E-state index contributed by atoms with van der Waals surface area (Å²) < 4.78 is 0. The molecule has 4 heteroatoms. The summed E-state index contributed by atoms with van der Waals surface area (Å²) in [6.07, 6.45) is 1.52. The van der Waals surface area contributed by atoms with Crippen molar-refractivity contribution in [3.63, 3.8) is 0 Å². The summed E-state index contributed by atoms with van der Waals surface area (Å²) >= 11 is 0. The van der Waals surface area contributed by atoms with Gasteiger partial charge in [0.15, 0.2) is 0 Å². The van der Waals surface area contributed by atoms with Gasteiger partial charge in [0.2, 0.25) is 0 Å². The molecule has 20 heavy (non-hydrogen) atoms. The second-order valence-electron chi connectivity index (χ2n) is 4.85. The molecule has 0 fully saturated rings. The average molecular weight is 263 g/mol. The lowest BCUT2D eigenvalue weighted by molar-refractivity contribution is 0.0715. The minimum Gasteiger partial charge on any atom is -0.326 e. The van der Waals surface area contributed by atoms with Crippen LogP contribution in [0.25, 0.3) is 0 Å². The van der Waals surface area contributed by atoms with Gasteiger partial charge in [0.1, 0.15) is 6.07 Å². The molecule has 1 atom stereocenters. The van der Waals surface area contributed by atoms with Crippen LogP contribution in [0.1, 0.15) is 40.1 Å². The van der Waals surface area contributed by atoms with E-state index >= 15 is 0 Å². The zero-order valence-corrected chi connectivity index (χ0v) is 11.1. The van der Waals surface area contributed by atoms with E-state index in [1.54, 1.807) is 11.0 Å². The molecule has 4 nitrogen and oxygen atoms in total. The summed E-state index contributed by atoms with van der Waals surface area (Å²) in [6.45, 7) is 2.50. The van der Waals surface area contributed by atoms with Crippen LogP contribution in [0.3, 0.4) is 0 Å². The Kier molecular flexibility index (Phi) is 2.96. The van der Waals surface area contributed by atoms with Gasteiger partial charge in [0.05, 0.1) is 29.4 Å². The molecule has 2 heterocycles. The Bertz CT molecular complexity index is 703. The second-order valence-corrected chi connectivity index (χ2v) is 4.85. The maximum Gasteiger partial charge on any atom is 0.256 e. The molecule has 0 radical (unpaired) electrons. The van der Waals surface area contributed by atoms with Crippen LogP contribution in [0, 0.1) is 11.3 Å². The van der Waals surface area contributed by atoms with Crippen LogP contribution in [-0.2, 0) is 6.54 Å². The van der Waals surface area contributed by atoms with Gasteiger partial charge >= 0.3 is 0 Å². The number of pyridine rings is 1. The van der Waals surface area contributed by atoms with Gasteiger partial charge in [-0.05, 0) is 18.6 Å². The van der Waals surface area contributed by atoms with E-state index in [-0.39, 0.29) is 11.9 Å². The monoisotopic (exact) mass is 263 g/mol. The van der Waals surface area contributed by atoms with Crippen LogP contribution in [0.15, 0.2) is 42.6 Å². The minimum absolute atomic E-state index is 0.0107. The molecule has 98 valence electrons. The number of benzene rings is 1. The lowest BCUT2D eigenvalue weighted by atomic mass is 10.1. The third-order valence-corrected chi connectivity index (χ3v) is 3.66. The van der Waals surface area contributed by atoms with Crippen LogP contribution in [0.5, 0.6) is 0 Å². The number of hydrogen-bond donors (Lipinski definition) is 0. The molecule has 0 saturated carbocycles. The summed E-state index contributed by atoms with van der Waals surface area (Å²) in [7, 11) is 0. The molecule has 0 saturated heterocycles. The Morgan fingerprint density at radius 3 is 2.80 bits per heavy atom. The van der Waals surface area contributed by atoms with Crippen molar-refractivity contribution in [2.45, 2.75) is 19.5 Å². The molecule has 1 aromatic carbocycles. The second kappa shape index (κ2) is 4.78. The van der Waals surface area contributed by atoms with Crippen molar-refractivity contribution >= 4 is 5.91 Å². The van der Waals surface area contributed by atoms with Gasteiger partial charge in [-0.3, -0.25) is 9.78 Å². The molecule has 1 unspecified atom stereocenters. The summed E-state index contributed by atoms with van der Waals surface area (Å²) in [5.41, 5.74) is 2.81. The lowest BCUT2D eigenvalue weighted by Crippen LogP contribution is -2.27. The van der Waals surface area contributed by atoms with Gasteiger partial charge in [-0.2, -0.15) is 5.26 Å². The predicted molar refractivity (Wildman–Crippen MR) is 73.7 cm³/mol. The van der Waals surface area contributed by atoms with Crippen molar-refractivity contribution in [1.82, 2.24) is 9.88 Å². The van der Waals surface area contributed by atoms with Crippen molar-refractivity contribution in [3.8, 4) is 6.07 Å². The maximum absolute atomic E-state index is 12.5. The SMILES string of the molecule is CC(c1ccccc1)N1Cc2ncc(C#N)cc2C1=O. The quantitative estimate of drug-likeness (QED) is 0.837. The molecule has 0 bridgehead atoms. The van der Waals surface area contributed by atoms with E-state index in [0.717, 1.165) is 11.3 Å². The third kappa shape index (κ3) is 1.94. The Hall–Kier alpha value is -2.67. The highest BCUT2D eigenvalue weighted by molar-refractivity contribution is 5.98. The Labute approximate surface area is 117 Å². The molecule has 2 aromatic rings. The van der Waals surface area contributed by atoms with E-state index in [9.17, 15) is 4.79 Å². The number of fused-ring (bicyclic) bond motifs is 1. The predicted octanol–water partition coefficient (Wildman–Crippen LogP) is 2.67. The van der Waals surface area contributed by atoms with Gasteiger partial charge in [-0.1, -0.05) is 30.3 Å². The number of carbonyl (C=O) groups excluding carboxylic acids is 1. The van der Waals surface area contributed by atoms with E-state index in [1.807, 2.05) is 43.3 Å². The highest BCUT2D eigenvalue weighted by atomic mass is 16.2. The van der Waals surface area contributed by atoms with Crippen molar-refractivity contribution in [1.29, 1.82) is 5.26 Å². The fraction of sp³-hybridized carbons (Fsp3) is 0.188. The first-order chi connectivity index (χ1) is 9.70. The minimum atomic E-state index is -0.0547. The summed E-state index contributed by atoms with van der Waals surface area (Å²) in [4.78, 5) is 18.5. The van der Waals surface area contributed by atoms with E-state index in [2.05, 4.69) is 4.98 Å². The van der Waals surface area contributed by atoms with Crippen molar-refractivity contribution < 1.29 is 4.79 Å². The number of nitriles is 1. The standard InChI is InChI=1S/C16H13N3O/c1-11(13-5-3-2-4-6-13)19-10-15-14(16(19)20)7-12(8-17)9-18-15/h2-7,9,11H,10H2,1H3. The fourth-order valence-electron chi connectivity index (χ4n) is 2.48. The number of rotatable bonds is 2. The normalized spacial score (nSPS) is 14.8. The van der Waals surface area contributed by atoms with Gasteiger partial charge in [0, 0.05) is 6.20 Å². The molecule has 1 aliphatic heterocycles. The average Bonchev–Trinajstić information content (AvgIpc) is 2.84. The topological polar surface area (TPSA) is 57.0 Å². The molecule has 0 N–H and O–H groups in total. The van der Waals surface area contributed by atoms with Crippen molar-refractivity contribution in [2.75, 3.05) is 0 Å². The van der Waals surface area contributed by atoms with E-state index in [4.69, 9.17) is 5.26 Å². The van der Waals surface area contributed by atoms with Crippen LogP contribution in [-0.4, -0.2) is 15.8 Å². The third-order valence-electron chi connectivity index (χ3n) is 3.66. The molecule has 0 aliphatic carbocycles. The Morgan fingerprint density at radius 2 is 2.10 bits per heavy atom. The molecule has 0 spiro atoms. The van der Waals surface area contributed by atoms with Gasteiger partial charge < -0.3 is 4.90 Å². The molecule has 1 amide bonds. The first kappa shape index (κ1) is 12.4. The molecule has 1 aliphatic rings. The number of amides is 1. The van der Waals surface area contributed by atoms with Crippen molar-refractivity contribution in [3.05, 3.63) is 65.0 Å². The maximum atomic E-state index is 12.5. The number of aromatic nitrogens is 1. The number of carbonyl (C=O) groups is 1.